The van der Waals surface area contributed by atoms with Crippen LogP contribution in [-0.2, 0) is 11.3 Å². The van der Waals surface area contributed by atoms with Crippen molar-refractivity contribution in [3.8, 4) is 0 Å². The van der Waals surface area contributed by atoms with Gasteiger partial charge in [-0.05, 0) is 31.5 Å². The standard InChI is InChI=1S/C21H22N4O4S/c1-3-4-13-24-20(27)15-9-5-6-10-16(15)23-21(24)30-14(2)19(26)22-17-11-7-8-12-18(17)25(28)29/h5-12,14H,3-4,13H2,1-2H3,(H,22,26). The summed E-state index contributed by atoms with van der Waals surface area (Å²) in [4.78, 5) is 40.9. The molecule has 1 amide bonds. The van der Waals surface area contributed by atoms with Gasteiger partial charge in [0.05, 0.1) is 21.1 Å². The number of rotatable bonds is 8. The number of fused-ring (bicyclic) bond motifs is 1. The molecule has 0 spiro atoms. The number of thioether (sulfide) groups is 1. The highest BCUT2D eigenvalue weighted by atomic mass is 32.2. The number of amides is 1. The fourth-order valence-electron chi connectivity index (χ4n) is 2.94. The van der Waals surface area contributed by atoms with Crippen molar-refractivity contribution in [1.82, 2.24) is 9.55 Å². The van der Waals surface area contributed by atoms with Crippen LogP contribution in [0.3, 0.4) is 0 Å². The van der Waals surface area contributed by atoms with Crippen LogP contribution in [0.4, 0.5) is 11.4 Å². The molecule has 1 N–H and O–H groups in total. The summed E-state index contributed by atoms with van der Waals surface area (Å²) in [6, 6.07) is 13.1. The van der Waals surface area contributed by atoms with Crippen molar-refractivity contribution in [3.05, 3.63) is 69.0 Å². The van der Waals surface area contributed by atoms with Crippen LogP contribution in [0.2, 0.25) is 0 Å². The third-order valence-corrected chi connectivity index (χ3v) is 5.66. The summed E-state index contributed by atoms with van der Waals surface area (Å²) in [7, 11) is 0. The maximum absolute atomic E-state index is 13.0. The summed E-state index contributed by atoms with van der Waals surface area (Å²) in [6.45, 7) is 4.23. The van der Waals surface area contributed by atoms with Crippen LogP contribution in [0, 0.1) is 10.1 Å². The van der Waals surface area contributed by atoms with Crippen molar-refractivity contribution < 1.29 is 9.72 Å². The summed E-state index contributed by atoms with van der Waals surface area (Å²) in [6.07, 6.45) is 1.72. The Labute approximate surface area is 177 Å². The SMILES string of the molecule is CCCCn1c(SC(C)C(=O)Nc2ccccc2[N+](=O)[O-])nc2ccccc2c1=O. The van der Waals surface area contributed by atoms with Crippen LogP contribution < -0.4 is 10.9 Å². The average molecular weight is 426 g/mol. The monoisotopic (exact) mass is 426 g/mol. The Balaban J connectivity index is 1.88. The number of aromatic nitrogens is 2. The molecule has 30 heavy (non-hydrogen) atoms. The van der Waals surface area contributed by atoms with Crippen LogP contribution in [0.5, 0.6) is 0 Å². The van der Waals surface area contributed by atoms with Crippen LogP contribution in [-0.4, -0.2) is 25.6 Å². The number of nitro groups is 1. The number of hydrogen-bond acceptors (Lipinski definition) is 6. The molecule has 1 aromatic heterocycles. The minimum atomic E-state index is -0.620. The fraction of sp³-hybridized carbons (Fsp3) is 0.286. The van der Waals surface area contributed by atoms with Gasteiger partial charge in [-0.3, -0.25) is 24.3 Å². The first-order valence-corrected chi connectivity index (χ1v) is 10.5. The van der Waals surface area contributed by atoms with E-state index in [0.717, 1.165) is 24.6 Å². The van der Waals surface area contributed by atoms with Crippen LogP contribution in [0.1, 0.15) is 26.7 Å². The predicted octanol–water partition coefficient (Wildman–Crippen LogP) is 4.22. The topological polar surface area (TPSA) is 107 Å². The van der Waals surface area contributed by atoms with Crippen molar-refractivity contribution in [2.24, 2.45) is 0 Å². The molecule has 0 saturated carbocycles. The Morgan fingerprint density at radius 1 is 1.23 bits per heavy atom. The van der Waals surface area contributed by atoms with Crippen LogP contribution in [0.15, 0.2) is 58.5 Å². The van der Waals surface area contributed by atoms with Crippen molar-refractivity contribution in [3.63, 3.8) is 0 Å². The normalized spacial score (nSPS) is 11.9. The largest absolute Gasteiger partial charge is 0.319 e. The molecule has 0 aliphatic carbocycles. The molecule has 1 atom stereocenters. The Bertz CT molecular complexity index is 1150. The second kappa shape index (κ2) is 9.53. The molecular formula is C21H22N4O4S. The number of carbonyl (C=O) groups is 1. The van der Waals surface area contributed by atoms with E-state index < -0.39 is 16.1 Å². The van der Waals surface area contributed by atoms with E-state index in [-0.39, 0.29) is 16.9 Å². The van der Waals surface area contributed by atoms with E-state index in [4.69, 9.17) is 0 Å². The number of hydrogen-bond donors (Lipinski definition) is 1. The molecule has 1 heterocycles. The highest BCUT2D eigenvalue weighted by Gasteiger charge is 2.22. The van der Waals surface area contributed by atoms with E-state index in [1.807, 2.05) is 13.0 Å². The van der Waals surface area contributed by atoms with E-state index >= 15 is 0 Å². The molecule has 8 nitrogen and oxygen atoms in total. The summed E-state index contributed by atoms with van der Waals surface area (Å²) < 4.78 is 1.60. The first-order chi connectivity index (χ1) is 14.4. The number of benzene rings is 2. The lowest BCUT2D eigenvalue weighted by atomic mass is 10.2. The minimum Gasteiger partial charge on any atom is -0.319 e. The summed E-state index contributed by atoms with van der Waals surface area (Å²) in [5, 5.41) is 14.2. The van der Waals surface area contributed by atoms with Gasteiger partial charge in [-0.15, -0.1) is 0 Å². The van der Waals surface area contributed by atoms with Gasteiger partial charge in [0.25, 0.3) is 11.2 Å². The van der Waals surface area contributed by atoms with E-state index in [2.05, 4.69) is 10.3 Å². The fourth-order valence-corrected chi connectivity index (χ4v) is 3.87. The molecule has 1 unspecified atom stereocenters. The highest BCUT2D eigenvalue weighted by molar-refractivity contribution is 8.00. The zero-order chi connectivity index (χ0) is 21.7. The molecule has 0 aliphatic rings. The molecule has 9 heteroatoms. The van der Waals surface area contributed by atoms with E-state index in [1.54, 1.807) is 35.8 Å². The van der Waals surface area contributed by atoms with E-state index in [1.165, 1.54) is 18.2 Å². The lowest BCUT2D eigenvalue weighted by Gasteiger charge is -2.16. The van der Waals surface area contributed by atoms with Crippen LogP contribution >= 0.6 is 11.8 Å². The molecule has 0 bridgehead atoms. The van der Waals surface area contributed by atoms with Crippen molar-refractivity contribution >= 4 is 39.9 Å². The highest BCUT2D eigenvalue weighted by Crippen LogP contribution is 2.27. The van der Waals surface area contributed by atoms with Gasteiger partial charge < -0.3 is 5.32 Å². The summed E-state index contributed by atoms with van der Waals surface area (Å²) in [5.74, 6) is -0.404. The molecular weight excluding hydrogens is 404 g/mol. The van der Waals surface area contributed by atoms with E-state index in [9.17, 15) is 19.7 Å². The van der Waals surface area contributed by atoms with Crippen molar-refractivity contribution in [2.45, 2.75) is 43.6 Å². The lowest BCUT2D eigenvalue weighted by molar-refractivity contribution is -0.383. The number of nitrogens with zero attached hydrogens (tertiary/aromatic N) is 3. The Morgan fingerprint density at radius 2 is 1.93 bits per heavy atom. The van der Waals surface area contributed by atoms with Gasteiger partial charge in [0.1, 0.15) is 5.69 Å². The molecule has 0 fully saturated rings. The molecule has 0 aliphatic heterocycles. The zero-order valence-corrected chi connectivity index (χ0v) is 17.5. The molecule has 3 rings (SSSR count). The quantitative estimate of drug-likeness (QED) is 0.250. The molecule has 3 aromatic rings. The van der Waals surface area contributed by atoms with Gasteiger partial charge in [0.2, 0.25) is 5.91 Å². The van der Waals surface area contributed by atoms with Crippen molar-refractivity contribution in [2.75, 3.05) is 5.32 Å². The van der Waals surface area contributed by atoms with Gasteiger partial charge >= 0.3 is 0 Å². The predicted molar refractivity (Wildman–Crippen MR) is 118 cm³/mol. The number of nitrogens with one attached hydrogen (secondary N) is 1. The summed E-state index contributed by atoms with van der Waals surface area (Å²) >= 11 is 1.16. The van der Waals surface area contributed by atoms with Crippen molar-refractivity contribution in [1.29, 1.82) is 0 Å². The zero-order valence-electron chi connectivity index (χ0n) is 16.7. The first-order valence-electron chi connectivity index (χ1n) is 9.63. The van der Waals surface area contributed by atoms with Gasteiger partial charge in [0, 0.05) is 12.6 Å². The average Bonchev–Trinajstić information content (AvgIpc) is 2.73. The summed E-state index contributed by atoms with van der Waals surface area (Å²) in [5.41, 5.74) is 0.397. The molecule has 2 aromatic carbocycles. The molecule has 0 radical (unpaired) electrons. The Hall–Kier alpha value is -3.20. The third kappa shape index (κ3) is 4.68. The number of para-hydroxylation sites is 3. The maximum atomic E-state index is 13.0. The number of nitro benzene ring substituents is 1. The van der Waals surface area contributed by atoms with Gasteiger partial charge in [-0.25, -0.2) is 4.98 Å². The van der Waals surface area contributed by atoms with Gasteiger partial charge in [0.15, 0.2) is 5.16 Å². The van der Waals surface area contributed by atoms with Gasteiger partial charge in [-0.1, -0.05) is 49.4 Å². The number of carbonyl (C=O) groups excluding carboxylic acids is 1. The number of unbranched alkanes of at least 4 members (excludes halogenated alkanes) is 1. The first kappa shape index (κ1) is 21.5. The Kier molecular flexibility index (Phi) is 6.83. The Morgan fingerprint density at radius 3 is 2.67 bits per heavy atom. The molecule has 0 saturated heterocycles. The lowest BCUT2D eigenvalue weighted by Crippen LogP contribution is -2.27. The second-order valence-corrected chi connectivity index (χ2v) is 8.05. The minimum absolute atomic E-state index is 0.134. The second-order valence-electron chi connectivity index (χ2n) is 6.75. The molecule has 156 valence electrons. The number of anilines is 1. The maximum Gasteiger partial charge on any atom is 0.292 e. The van der Waals surface area contributed by atoms with E-state index in [0.29, 0.717) is 22.6 Å². The smallest absolute Gasteiger partial charge is 0.292 e. The van der Waals surface area contributed by atoms with Crippen LogP contribution in [0.25, 0.3) is 10.9 Å². The third-order valence-electron chi connectivity index (χ3n) is 4.57. The van der Waals surface area contributed by atoms with Gasteiger partial charge in [-0.2, -0.15) is 0 Å².